The lowest BCUT2D eigenvalue weighted by molar-refractivity contribution is -0.117. The molecule has 0 bridgehead atoms. The first-order valence-electron chi connectivity index (χ1n) is 6.86. The fourth-order valence-corrected chi connectivity index (χ4v) is 2.63. The molecule has 108 valence electrons. The van der Waals surface area contributed by atoms with Gasteiger partial charge in [0.2, 0.25) is 12.7 Å². The summed E-state index contributed by atoms with van der Waals surface area (Å²) < 4.78 is 10.5. The normalized spacial score (nSPS) is 21.1. The molecule has 1 amide bonds. The summed E-state index contributed by atoms with van der Waals surface area (Å²) in [6.45, 7) is 3.19. The van der Waals surface area contributed by atoms with Gasteiger partial charge in [0.1, 0.15) is 0 Å². The second-order valence-electron chi connectivity index (χ2n) is 5.24. The van der Waals surface area contributed by atoms with Crippen LogP contribution in [0.2, 0.25) is 0 Å². The van der Waals surface area contributed by atoms with E-state index in [2.05, 4.69) is 10.2 Å². The van der Waals surface area contributed by atoms with Crippen molar-refractivity contribution < 1.29 is 14.3 Å². The molecule has 2 heterocycles. The van der Waals surface area contributed by atoms with E-state index in [0.717, 1.165) is 25.2 Å². The number of nitrogens with one attached hydrogen (secondary N) is 1. The predicted molar refractivity (Wildman–Crippen MR) is 74.8 cm³/mol. The first-order chi connectivity index (χ1) is 9.74. The van der Waals surface area contributed by atoms with Gasteiger partial charge in [-0.25, -0.2) is 0 Å². The molecule has 0 spiro atoms. The van der Waals surface area contributed by atoms with Crippen LogP contribution in [0.4, 0.5) is 5.69 Å². The lowest BCUT2D eigenvalue weighted by Gasteiger charge is -2.15. The van der Waals surface area contributed by atoms with Crippen molar-refractivity contribution in [3.05, 3.63) is 18.2 Å². The van der Waals surface area contributed by atoms with E-state index >= 15 is 0 Å². The Morgan fingerprint density at radius 2 is 2.25 bits per heavy atom. The Morgan fingerprint density at radius 1 is 1.40 bits per heavy atom. The van der Waals surface area contributed by atoms with Crippen LogP contribution in [0.1, 0.15) is 6.42 Å². The van der Waals surface area contributed by atoms with Gasteiger partial charge >= 0.3 is 0 Å². The van der Waals surface area contributed by atoms with E-state index in [9.17, 15) is 4.79 Å². The SMILES string of the molecule is NCC1CCN(CC(=O)Nc2ccc3c(c2)OCO3)C1. The maximum Gasteiger partial charge on any atom is 0.238 e. The Balaban J connectivity index is 1.54. The minimum Gasteiger partial charge on any atom is -0.454 e. The third kappa shape index (κ3) is 2.86. The molecule has 0 aromatic heterocycles. The van der Waals surface area contributed by atoms with Gasteiger partial charge in [0.05, 0.1) is 6.54 Å². The second kappa shape index (κ2) is 5.68. The first-order valence-corrected chi connectivity index (χ1v) is 6.86. The van der Waals surface area contributed by atoms with Crippen LogP contribution in [0.15, 0.2) is 18.2 Å². The predicted octanol–water partition coefficient (Wildman–Crippen LogP) is 0.634. The van der Waals surface area contributed by atoms with Crippen molar-refractivity contribution in [2.75, 3.05) is 38.3 Å². The van der Waals surface area contributed by atoms with Crippen molar-refractivity contribution in [1.29, 1.82) is 0 Å². The highest BCUT2D eigenvalue weighted by Crippen LogP contribution is 2.34. The van der Waals surface area contributed by atoms with Crippen LogP contribution >= 0.6 is 0 Å². The van der Waals surface area contributed by atoms with E-state index in [0.29, 0.717) is 30.5 Å². The van der Waals surface area contributed by atoms with Crippen LogP contribution in [0, 0.1) is 5.92 Å². The summed E-state index contributed by atoms with van der Waals surface area (Å²) in [5.41, 5.74) is 6.38. The number of anilines is 1. The molecule has 1 saturated heterocycles. The van der Waals surface area contributed by atoms with Gasteiger partial charge in [-0.2, -0.15) is 0 Å². The Bertz CT molecular complexity index is 506. The van der Waals surface area contributed by atoms with Gasteiger partial charge < -0.3 is 20.5 Å². The number of nitrogens with zero attached hydrogens (tertiary/aromatic N) is 1. The molecule has 2 aliphatic rings. The van der Waals surface area contributed by atoms with Crippen molar-refractivity contribution >= 4 is 11.6 Å². The number of hydrogen-bond acceptors (Lipinski definition) is 5. The maximum atomic E-state index is 12.0. The van der Waals surface area contributed by atoms with E-state index < -0.39 is 0 Å². The van der Waals surface area contributed by atoms with Crippen molar-refractivity contribution in [2.45, 2.75) is 6.42 Å². The van der Waals surface area contributed by atoms with Crippen LogP contribution in [-0.4, -0.2) is 43.8 Å². The van der Waals surface area contributed by atoms with E-state index in [1.165, 1.54) is 0 Å². The smallest absolute Gasteiger partial charge is 0.238 e. The molecule has 1 aromatic carbocycles. The monoisotopic (exact) mass is 277 g/mol. The van der Waals surface area contributed by atoms with Crippen LogP contribution in [0.3, 0.4) is 0 Å². The van der Waals surface area contributed by atoms with Crippen LogP contribution in [-0.2, 0) is 4.79 Å². The van der Waals surface area contributed by atoms with E-state index in [4.69, 9.17) is 15.2 Å². The topological polar surface area (TPSA) is 76.8 Å². The zero-order chi connectivity index (χ0) is 13.9. The maximum absolute atomic E-state index is 12.0. The highest BCUT2D eigenvalue weighted by atomic mass is 16.7. The highest BCUT2D eigenvalue weighted by molar-refractivity contribution is 5.92. The Labute approximate surface area is 117 Å². The molecule has 1 fully saturated rings. The summed E-state index contributed by atoms with van der Waals surface area (Å²) in [6, 6.07) is 5.41. The number of ether oxygens (including phenoxy) is 2. The molecule has 3 N–H and O–H groups in total. The van der Waals surface area contributed by atoms with Gasteiger partial charge in [-0.15, -0.1) is 0 Å². The number of likely N-dealkylation sites (tertiary alicyclic amines) is 1. The molecule has 0 radical (unpaired) electrons. The summed E-state index contributed by atoms with van der Waals surface area (Å²) in [5, 5.41) is 2.88. The summed E-state index contributed by atoms with van der Waals surface area (Å²) >= 11 is 0. The molecule has 1 unspecified atom stereocenters. The number of fused-ring (bicyclic) bond motifs is 1. The zero-order valence-electron chi connectivity index (χ0n) is 11.3. The molecular weight excluding hydrogens is 258 g/mol. The van der Waals surface area contributed by atoms with Gasteiger partial charge in [-0.3, -0.25) is 9.69 Å². The second-order valence-corrected chi connectivity index (χ2v) is 5.24. The highest BCUT2D eigenvalue weighted by Gasteiger charge is 2.23. The minimum atomic E-state index is -0.0125. The summed E-state index contributed by atoms with van der Waals surface area (Å²) in [7, 11) is 0. The third-order valence-corrected chi connectivity index (χ3v) is 3.73. The molecule has 2 aliphatic heterocycles. The van der Waals surface area contributed by atoms with Crippen LogP contribution in [0.5, 0.6) is 11.5 Å². The van der Waals surface area contributed by atoms with Crippen molar-refractivity contribution in [1.82, 2.24) is 4.90 Å². The number of amides is 1. The Kier molecular flexibility index (Phi) is 3.75. The van der Waals surface area contributed by atoms with Crippen LogP contribution < -0.4 is 20.5 Å². The number of rotatable bonds is 4. The zero-order valence-corrected chi connectivity index (χ0v) is 11.3. The lowest BCUT2D eigenvalue weighted by Crippen LogP contribution is -2.32. The Hall–Kier alpha value is -1.79. The van der Waals surface area contributed by atoms with Crippen molar-refractivity contribution in [3.8, 4) is 11.5 Å². The molecule has 0 saturated carbocycles. The third-order valence-electron chi connectivity index (χ3n) is 3.73. The summed E-state index contributed by atoms with van der Waals surface area (Å²) in [4.78, 5) is 14.1. The van der Waals surface area contributed by atoms with Gasteiger partial charge in [-0.1, -0.05) is 0 Å². The lowest BCUT2D eigenvalue weighted by atomic mass is 10.1. The van der Waals surface area contributed by atoms with Gasteiger partial charge in [-0.05, 0) is 37.6 Å². The van der Waals surface area contributed by atoms with Gasteiger partial charge in [0.25, 0.3) is 0 Å². The number of hydrogen-bond donors (Lipinski definition) is 2. The first kappa shape index (κ1) is 13.2. The Morgan fingerprint density at radius 3 is 3.05 bits per heavy atom. The molecule has 20 heavy (non-hydrogen) atoms. The molecule has 6 heteroatoms. The molecule has 0 aliphatic carbocycles. The van der Waals surface area contributed by atoms with E-state index in [-0.39, 0.29) is 12.7 Å². The van der Waals surface area contributed by atoms with Crippen LogP contribution in [0.25, 0.3) is 0 Å². The largest absolute Gasteiger partial charge is 0.454 e. The minimum absolute atomic E-state index is 0.0125. The van der Waals surface area contributed by atoms with E-state index in [1.54, 1.807) is 12.1 Å². The quantitative estimate of drug-likeness (QED) is 0.844. The van der Waals surface area contributed by atoms with Gasteiger partial charge in [0, 0.05) is 18.3 Å². The molecule has 3 rings (SSSR count). The molecule has 1 atom stereocenters. The summed E-state index contributed by atoms with van der Waals surface area (Å²) in [6.07, 6.45) is 1.08. The fourth-order valence-electron chi connectivity index (χ4n) is 2.63. The number of benzene rings is 1. The molecular formula is C14H19N3O3. The number of carbonyl (C=O) groups is 1. The molecule has 6 nitrogen and oxygen atoms in total. The average molecular weight is 277 g/mol. The molecule has 1 aromatic rings. The summed E-state index contributed by atoms with van der Waals surface area (Å²) in [5.74, 6) is 1.90. The fraction of sp³-hybridized carbons (Fsp3) is 0.500. The van der Waals surface area contributed by atoms with E-state index in [1.807, 2.05) is 6.07 Å². The van der Waals surface area contributed by atoms with Crippen molar-refractivity contribution in [3.63, 3.8) is 0 Å². The standard InChI is InChI=1S/C14H19N3O3/c15-6-10-3-4-17(7-10)8-14(18)16-11-1-2-12-13(5-11)20-9-19-12/h1-2,5,10H,3-4,6-9,15H2,(H,16,18). The van der Waals surface area contributed by atoms with Gasteiger partial charge in [0.15, 0.2) is 11.5 Å². The van der Waals surface area contributed by atoms with Crippen molar-refractivity contribution in [2.24, 2.45) is 11.7 Å². The number of nitrogens with two attached hydrogens (primary N) is 1. The number of carbonyl (C=O) groups excluding carboxylic acids is 1. The average Bonchev–Trinajstić information content (AvgIpc) is 3.06.